The Hall–Kier alpha value is -2.36. The summed E-state index contributed by atoms with van der Waals surface area (Å²) < 4.78 is 5.80. The van der Waals surface area contributed by atoms with Gasteiger partial charge < -0.3 is 10.2 Å². The van der Waals surface area contributed by atoms with Gasteiger partial charge in [-0.15, -0.1) is 0 Å². The van der Waals surface area contributed by atoms with Crippen molar-refractivity contribution >= 4 is 16.8 Å². The van der Waals surface area contributed by atoms with Crippen molar-refractivity contribution in [3.05, 3.63) is 42.2 Å². The van der Waals surface area contributed by atoms with Gasteiger partial charge in [0.2, 0.25) is 0 Å². The molecule has 0 amide bonds. The topological polar surface area (TPSA) is 64.9 Å². The zero-order chi connectivity index (χ0) is 13.2. The Balaban J connectivity index is 2.09. The third-order valence-electron chi connectivity index (χ3n) is 2.94. The molecule has 3 rings (SSSR count). The standard InChI is InChI=1S/C15H15N3O/c1-2-5-15-17-11(9-14(16)18-15)13-8-10-6-3-4-7-12(10)19-13/h3-4,6-9H,2,5H2,1H3,(H2,16,17,18). The number of para-hydroxylation sites is 1. The SMILES string of the molecule is CCCc1nc(N)cc(-c2cc3ccccc3o2)n1. The number of fused-ring (bicyclic) bond motifs is 1. The van der Waals surface area contributed by atoms with Gasteiger partial charge in [-0.25, -0.2) is 9.97 Å². The number of aryl methyl sites for hydroxylation is 1. The van der Waals surface area contributed by atoms with E-state index in [1.54, 1.807) is 6.07 Å². The van der Waals surface area contributed by atoms with Crippen molar-refractivity contribution in [2.75, 3.05) is 5.73 Å². The molecular weight excluding hydrogens is 238 g/mol. The molecule has 0 aliphatic heterocycles. The summed E-state index contributed by atoms with van der Waals surface area (Å²) in [7, 11) is 0. The average Bonchev–Trinajstić information content (AvgIpc) is 2.82. The number of anilines is 1. The van der Waals surface area contributed by atoms with Gasteiger partial charge in [-0.1, -0.05) is 25.1 Å². The number of nitrogens with zero attached hydrogens (tertiary/aromatic N) is 2. The van der Waals surface area contributed by atoms with Gasteiger partial charge in [0.1, 0.15) is 22.9 Å². The number of nitrogen functional groups attached to an aromatic ring is 1. The summed E-state index contributed by atoms with van der Waals surface area (Å²) in [6.45, 7) is 2.09. The van der Waals surface area contributed by atoms with Crippen molar-refractivity contribution in [1.29, 1.82) is 0 Å². The molecule has 3 aromatic rings. The van der Waals surface area contributed by atoms with E-state index in [4.69, 9.17) is 10.2 Å². The van der Waals surface area contributed by atoms with Crippen molar-refractivity contribution in [3.8, 4) is 11.5 Å². The minimum atomic E-state index is 0.480. The second-order valence-corrected chi connectivity index (χ2v) is 4.49. The molecule has 4 nitrogen and oxygen atoms in total. The highest BCUT2D eigenvalue weighted by atomic mass is 16.3. The van der Waals surface area contributed by atoms with Crippen LogP contribution in [0.2, 0.25) is 0 Å². The number of benzene rings is 1. The van der Waals surface area contributed by atoms with Crippen LogP contribution >= 0.6 is 0 Å². The van der Waals surface area contributed by atoms with Gasteiger partial charge in [0.15, 0.2) is 5.76 Å². The summed E-state index contributed by atoms with van der Waals surface area (Å²) in [5.74, 6) is 1.97. The van der Waals surface area contributed by atoms with Gasteiger partial charge in [0.05, 0.1) is 0 Å². The highest BCUT2D eigenvalue weighted by Gasteiger charge is 2.09. The largest absolute Gasteiger partial charge is 0.454 e. The molecule has 0 fully saturated rings. The van der Waals surface area contributed by atoms with E-state index in [2.05, 4.69) is 16.9 Å². The van der Waals surface area contributed by atoms with Crippen LogP contribution in [0, 0.1) is 0 Å². The summed E-state index contributed by atoms with van der Waals surface area (Å²) in [5.41, 5.74) is 7.42. The van der Waals surface area contributed by atoms with Crippen molar-refractivity contribution in [2.45, 2.75) is 19.8 Å². The van der Waals surface area contributed by atoms with E-state index in [1.807, 2.05) is 30.3 Å². The quantitative estimate of drug-likeness (QED) is 0.776. The summed E-state index contributed by atoms with van der Waals surface area (Å²) in [6, 6.07) is 11.6. The first kappa shape index (κ1) is 11.7. The Morgan fingerprint density at radius 2 is 2.00 bits per heavy atom. The molecule has 0 unspecified atom stereocenters. The van der Waals surface area contributed by atoms with Crippen LogP contribution < -0.4 is 5.73 Å². The molecule has 19 heavy (non-hydrogen) atoms. The lowest BCUT2D eigenvalue weighted by Crippen LogP contribution is -2.00. The first-order chi connectivity index (χ1) is 9.26. The molecule has 0 saturated heterocycles. The van der Waals surface area contributed by atoms with E-state index >= 15 is 0 Å². The van der Waals surface area contributed by atoms with Gasteiger partial charge in [-0.3, -0.25) is 0 Å². The van der Waals surface area contributed by atoms with Crippen LogP contribution in [0.1, 0.15) is 19.2 Å². The molecule has 4 heteroatoms. The van der Waals surface area contributed by atoms with Gasteiger partial charge in [-0.2, -0.15) is 0 Å². The first-order valence-electron chi connectivity index (χ1n) is 6.38. The highest BCUT2D eigenvalue weighted by molar-refractivity contribution is 5.82. The van der Waals surface area contributed by atoms with Gasteiger partial charge in [0.25, 0.3) is 0 Å². The van der Waals surface area contributed by atoms with Crippen molar-refractivity contribution in [2.24, 2.45) is 0 Å². The summed E-state index contributed by atoms with van der Waals surface area (Å²) in [4.78, 5) is 8.73. The third-order valence-corrected chi connectivity index (χ3v) is 2.94. The van der Waals surface area contributed by atoms with Crippen LogP contribution in [0.3, 0.4) is 0 Å². The summed E-state index contributed by atoms with van der Waals surface area (Å²) in [5, 5.41) is 1.06. The van der Waals surface area contributed by atoms with Gasteiger partial charge >= 0.3 is 0 Å². The Labute approximate surface area is 111 Å². The normalized spacial score (nSPS) is 11.0. The first-order valence-corrected chi connectivity index (χ1v) is 6.38. The second-order valence-electron chi connectivity index (χ2n) is 4.49. The number of hydrogen-bond acceptors (Lipinski definition) is 4. The molecule has 2 aromatic heterocycles. The zero-order valence-corrected chi connectivity index (χ0v) is 10.8. The van der Waals surface area contributed by atoms with Crippen molar-refractivity contribution in [1.82, 2.24) is 9.97 Å². The molecule has 2 heterocycles. The predicted molar refractivity (Wildman–Crippen MR) is 75.6 cm³/mol. The Bertz CT molecular complexity index is 685. The number of aromatic nitrogens is 2. The van der Waals surface area contributed by atoms with E-state index < -0.39 is 0 Å². The lowest BCUT2D eigenvalue weighted by atomic mass is 10.2. The Morgan fingerprint density at radius 1 is 1.16 bits per heavy atom. The zero-order valence-electron chi connectivity index (χ0n) is 10.8. The van der Waals surface area contributed by atoms with E-state index in [0.717, 1.165) is 41.1 Å². The maximum atomic E-state index is 5.83. The molecule has 0 saturated carbocycles. The smallest absolute Gasteiger partial charge is 0.154 e. The summed E-state index contributed by atoms with van der Waals surface area (Å²) in [6.07, 6.45) is 1.81. The van der Waals surface area contributed by atoms with Crippen LogP contribution in [0.5, 0.6) is 0 Å². The molecule has 0 spiro atoms. The predicted octanol–water partition coefficient (Wildman–Crippen LogP) is 3.42. The molecule has 0 atom stereocenters. The fraction of sp³-hybridized carbons (Fsp3) is 0.200. The van der Waals surface area contributed by atoms with Crippen LogP contribution in [0.15, 0.2) is 40.8 Å². The second kappa shape index (κ2) is 4.72. The van der Waals surface area contributed by atoms with Crippen molar-refractivity contribution < 1.29 is 4.42 Å². The third kappa shape index (κ3) is 2.29. The lowest BCUT2D eigenvalue weighted by molar-refractivity contribution is 0.627. The Morgan fingerprint density at radius 3 is 2.79 bits per heavy atom. The fourth-order valence-corrected chi connectivity index (χ4v) is 2.09. The summed E-state index contributed by atoms with van der Waals surface area (Å²) >= 11 is 0. The number of hydrogen-bond donors (Lipinski definition) is 1. The molecule has 0 aliphatic rings. The fourth-order valence-electron chi connectivity index (χ4n) is 2.09. The monoisotopic (exact) mass is 253 g/mol. The molecule has 0 bridgehead atoms. The van der Waals surface area contributed by atoms with Gasteiger partial charge in [0, 0.05) is 17.9 Å². The molecular formula is C15H15N3O. The minimum absolute atomic E-state index is 0.480. The maximum absolute atomic E-state index is 5.83. The Kier molecular flexibility index (Phi) is 2.91. The van der Waals surface area contributed by atoms with Crippen LogP contribution in [0.4, 0.5) is 5.82 Å². The maximum Gasteiger partial charge on any atom is 0.154 e. The highest BCUT2D eigenvalue weighted by Crippen LogP contribution is 2.27. The van der Waals surface area contributed by atoms with Gasteiger partial charge in [-0.05, 0) is 18.6 Å². The van der Waals surface area contributed by atoms with E-state index in [1.165, 1.54) is 0 Å². The number of furan rings is 1. The van der Waals surface area contributed by atoms with E-state index in [9.17, 15) is 0 Å². The molecule has 96 valence electrons. The number of rotatable bonds is 3. The molecule has 2 N–H and O–H groups in total. The molecule has 0 radical (unpaired) electrons. The molecule has 0 aliphatic carbocycles. The van der Waals surface area contributed by atoms with E-state index in [0.29, 0.717) is 5.82 Å². The average molecular weight is 253 g/mol. The van der Waals surface area contributed by atoms with Crippen LogP contribution in [-0.2, 0) is 6.42 Å². The molecule has 1 aromatic carbocycles. The number of nitrogens with two attached hydrogens (primary N) is 1. The van der Waals surface area contributed by atoms with E-state index in [-0.39, 0.29) is 0 Å². The van der Waals surface area contributed by atoms with Crippen molar-refractivity contribution in [3.63, 3.8) is 0 Å². The minimum Gasteiger partial charge on any atom is -0.454 e. The van der Waals surface area contributed by atoms with Crippen LogP contribution in [0.25, 0.3) is 22.4 Å². The lowest BCUT2D eigenvalue weighted by Gasteiger charge is -2.02. The van der Waals surface area contributed by atoms with Crippen LogP contribution in [-0.4, -0.2) is 9.97 Å².